The van der Waals surface area contributed by atoms with E-state index >= 15 is 0 Å². The third-order valence-corrected chi connectivity index (χ3v) is 3.72. The first-order chi connectivity index (χ1) is 11.6. The van der Waals surface area contributed by atoms with Gasteiger partial charge in [-0.2, -0.15) is 0 Å². The van der Waals surface area contributed by atoms with Crippen LogP contribution in [0.2, 0.25) is 0 Å². The SMILES string of the molecule is C[C@H](NC(=O)NC[C@H](O)c1ccccc1)c1nnc2ccccn12. The Morgan fingerprint density at radius 2 is 1.92 bits per heavy atom. The molecule has 3 N–H and O–H groups in total. The van der Waals surface area contributed by atoms with Crippen molar-refractivity contribution >= 4 is 11.7 Å². The van der Waals surface area contributed by atoms with Crippen LogP contribution in [0.5, 0.6) is 0 Å². The summed E-state index contributed by atoms with van der Waals surface area (Å²) in [5.41, 5.74) is 1.48. The van der Waals surface area contributed by atoms with E-state index in [2.05, 4.69) is 20.8 Å². The first kappa shape index (κ1) is 15.9. The van der Waals surface area contributed by atoms with E-state index in [4.69, 9.17) is 0 Å². The van der Waals surface area contributed by atoms with Crippen molar-refractivity contribution in [3.8, 4) is 0 Å². The molecule has 3 aromatic rings. The second-order valence-corrected chi connectivity index (χ2v) is 5.49. The highest BCUT2D eigenvalue weighted by Crippen LogP contribution is 2.12. The summed E-state index contributed by atoms with van der Waals surface area (Å²) in [5, 5.41) is 23.7. The lowest BCUT2D eigenvalue weighted by atomic mass is 10.1. The molecular formula is C17H19N5O2. The molecule has 7 heteroatoms. The van der Waals surface area contributed by atoms with Gasteiger partial charge in [0.25, 0.3) is 0 Å². The number of aliphatic hydroxyl groups excluding tert-OH is 1. The Morgan fingerprint density at radius 1 is 1.17 bits per heavy atom. The number of nitrogens with one attached hydrogen (secondary N) is 2. The number of benzene rings is 1. The van der Waals surface area contributed by atoms with E-state index in [-0.39, 0.29) is 18.6 Å². The molecule has 2 aromatic heterocycles. The van der Waals surface area contributed by atoms with Crippen LogP contribution in [-0.2, 0) is 0 Å². The van der Waals surface area contributed by atoms with Crippen LogP contribution >= 0.6 is 0 Å². The Hall–Kier alpha value is -2.93. The number of pyridine rings is 1. The average molecular weight is 325 g/mol. The Balaban J connectivity index is 1.57. The van der Waals surface area contributed by atoms with Crippen molar-refractivity contribution in [2.45, 2.75) is 19.1 Å². The number of hydrogen-bond acceptors (Lipinski definition) is 4. The minimum Gasteiger partial charge on any atom is -0.387 e. The molecule has 124 valence electrons. The first-order valence-electron chi connectivity index (χ1n) is 7.72. The number of urea groups is 1. The van der Waals surface area contributed by atoms with Gasteiger partial charge in [-0.05, 0) is 24.6 Å². The molecule has 0 unspecified atom stereocenters. The Bertz CT molecular complexity index is 818. The fourth-order valence-electron chi connectivity index (χ4n) is 2.45. The smallest absolute Gasteiger partial charge is 0.315 e. The van der Waals surface area contributed by atoms with Crippen molar-refractivity contribution < 1.29 is 9.90 Å². The molecule has 0 spiro atoms. The summed E-state index contributed by atoms with van der Waals surface area (Å²) in [7, 11) is 0. The van der Waals surface area contributed by atoms with Gasteiger partial charge in [-0.1, -0.05) is 36.4 Å². The predicted octanol–water partition coefficient (Wildman–Crippen LogP) is 1.82. The van der Waals surface area contributed by atoms with Crippen LogP contribution in [0, 0.1) is 0 Å². The molecular weight excluding hydrogens is 306 g/mol. The lowest BCUT2D eigenvalue weighted by molar-refractivity contribution is 0.172. The highest BCUT2D eigenvalue weighted by atomic mass is 16.3. The van der Waals surface area contributed by atoms with Crippen LogP contribution < -0.4 is 10.6 Å². The highest BCUT2D eigenvalue weighted by Gasteiger charge is 2.16. The number of nitrogens with zero attached hydrogens (tertiary/aromatic N) is 3. The second kappa shape index (κ2) is 7.10. The summed E-state index contributed by atoms with van der Waals surface area (Å²) in [5.74, 6) is 0.643. The molecule has 7 nitrogen and oxygen atoms in total. The topological polar surface area (TPSA) is 91.5 Å². The van der Waals surface area contributed by atoms with Crippen molar-refractivity contribution in [3.05, 3.63) is 66.1 Å². The molecule has 0 aliphatic rings. The number of rotatable bonds is 5. The first-order valence-corrected chi connectivity index (χ1v) is 7.72. The normalized spacial score (nSPS) is 13.4. The maximum atomic E-state index is 12.0. The van der Waals surface area contributed by atoms with E-state index in [1.807, 2.05) is 66.1 Å². The molecule has 2 heterocycles. The highest BCUT2D eigenvalue weighted by molar-refractivity contribution is 5.74. The standard InChI is InChI=1S/C17H19N5O2/c1-12(16-21-20-15-9-5-6-10-22(15)16)19-17(24)18-11-14(23)13-7-3-2-4-8-13/h2-10,12,14,23H,11H2,1H3,(H2,18,19,24)/t12-,14-/m0/s1. The molecule has 0 aliphatic carbocycles. The summed E-state index contributed by atoms with van der Waals surface area (Å²) in [4.78, 5) is 12.0. The van der Waals surface area contributed by atoms with E-state index in [1.165, 1.54) is 0 Å². The van der Waals surface area contributed by atoms with Crippen LogP contribution in [0.1, 0.15) is 30.5 Å². The summed E-state index contributed by atoms with van der Waals surface area (Å²) in [6.45, 7) is 1.96. The average Bonchev–Trinajstić information content (AvgIpc) is 3.04. The van der Waals surface area contributed by atoms with Crippen molar-refractivity contribution in [1.29, 1.82) is 0 Å². The molecule has 24 heavy (non-hydrogen) atoms. The van der Waals surface area contributed by atoms with Crippen LogP contribution in [0.15, 0.2) is 54.7 Å². The van der Waals surface area contributed by atoms with E-state index in [0.717, 1.165) is 11.2 Å². The van der Waals surface area contributed by atoms with Crippen molar-refractivity contribution in [1.82, 2.24) is 25.2 Å². The fraction of sp³-hybridized carbons (Fsp3) is 0.235. The number of fused-ring (bicyclic) bond motifs is 1. The van der Waals surface area contributed by atoms with Gasteiger partial charge in [-0.3, -0.25) is 4.40 Å². The molecule has 0 fully saturated rings. The van der Waals surface area contributed by atoms with E-state index < -0.39 is 6.10 Å². The van der Waals surface area contributed by atoms with Crippen molar-refractivity contribution in [2.24, 2.45) is 0 Å². The number of carbonyl (C=O) groups excluding carboxylic acids is 1. The molecule has 0 saturated heterocycles. The number of amides is 2. The molecule has 2 amide bonds. The predicted molar refractivity (Wildman–Crippen MR) is 89.3 cm³/mol. The third kappa shape index (κ3) is 3.52. The van der Waals surface area contributed by atoms with E-state index in [0.29, 0.717) is 5.82 Å². The summed E-state index contributed by atoms with van der Waals surface area (Å²) < 4.78 is 1.82. The third-order valence-electron chi connectivity index (χ3n) is 3.72. The Labute approximate surface area is 139 Å². The number of aromatic nitrogens is 3. The second-order valence-electron chi connectivity index (χ2n) is 5.49. The van der Waals surface area contributed by atoms with Crippen LogP contribution in [0.4, 0.5) is 4.79 Å². The molecule has 2 atom stereocenters. The van der Waals surface area contributed by atoms with Gasteiger partial charge in [0.15, 0.2) is 11.5 Å². The number of hydrogen-bond donors (Lipinski definition) is 3. The Kier molecular flexibility index (Phi) is 4.72. The summed E-state index contributed by atoms with van der Waals surface area (Å²) in [6.07, 6.45) is 1.10. The lowest BCUT2D eigenvalue weighted by Gasteiger charge is -2.15. The number of aliphatic hydroxyl groups is 1. The van der Waals surface area contributed by atoms with Crippen LogP contribution in [0.25, 0.3) is 5.65 Å². The molecule has 0 saturated carbocycles. The molecule has 3 rings (SSSR count). The van der Waals surface area contributed by atoms with Gasteiger partial charge in [0.1, 0.15) is 0 Å². The summed E-state index contributed by atoms with van der Waals surface area (Å²) >= 11 is 0. The monoisotopic (exact) mass is 325 g/mol. The fourth-order valence-corrected chi connectivity index (χ4v) is 2.45. The quantitative estimate of drug-likeness (QED) is 0.667. The minimum absolute atomic E-state index is 0.128. The lowest BCUT2D eigenvalue weighted by Crippen LogP contribution is -2.39. The molecule has 0 radical (unpaired) electrons. The van der Waals surface area contributed by atoms with Gasteiger partial charge in [0, 0.05) is 12.7 Å². The summed E-state index contributed by atoms with van der Waals surface area (Å²) in [6, 6.07) is 14.1. The van der Waals surface area contributed by atoms with E-state index in [9.17, 15) is 9.90 Å². The van der Waals surface area contributed by atoms with Gasteiger partial charge < -0.3 is 15.7 Å². The van der Waals surface area contributed by atoms with Crippen molar-refractivity contribution in [3.63, 3.8) is 0 Å². The van der Waals surface area contributed by atoms with Gasteiger partial charge in [0.05, 0.1) is 12.1 Å². The molecule has 0 bridgehead atoms. The largest absolute Gasteiger partial charge is 0.387 e. The van der Waals surface area contributed by atoms with Gasteiger partial charge in [-0.25, -0.2) is 4.79 Å². The van der Waals surface area contributed by atoms with Crippen LogP contribution in [-0.4, -0.2) is 32.3 Å². The number of carbonyl (C=O) groups is 1. The van der Waals surface area contributed by atoms with Gasteiger partial charge >= 0.3 is 6.03 Å². The zero-order valence-corrected chi connectivity index (χ0v) is 13.3. The maximum absolute atomic E-state index is 12.0. The maximum Gasteiger partial charge on any atom is 0.315 e. The zero-order valence-electron chi connectivity index (χ0n) is 13.3. The van der Waals surface area contributed by atoms with Gasteiger partial charge in [-0.15, -0.1) is 10.2 Å². The van der Waals surface area contributed by atoms with E-state index in [1.54, 1.807) is 0 Å². The van der Waals surface area contributed by atoms with Crippen LogP contribution in [0.3, 0.4) is 0 Å². The zero-order chi connectivity index (χ0) is 16.9. The van der Waals surface area contributed by atoms with Gasteiger partial charge in [0.2, 0.25) is 0 Å². The minimum atomic E-state index is -0.749. The van der Waals surface area contributed by atoms with Crippen molar-refractivity contribution in [2.75, 3.05) is 6.54 Å². The molecule has 1 aromatic carbocycles. The Morgan fingerprint density at radius 3 is 2.71 bits per heavy atom. The molecule has 0 aliphatic heterocycles.